The fraction of sp³-hybridized carbons (Fsp3) is 0. The Bertz CT molecular complexity index is 707. The fourth-order valence-corrected chi connectivity index (χ4v) is 2.75. The van der Waals surface area contributed by atoms with Gasteiger partial charge in [-0.15, -0.1) is 0 Å². The Kier molecular flexibility index (Phi) is 4.07. The number of hydrogen-bond donors (Lipinski definition) is 1. The maximum Gasteiger partial charge on any atom is 0.263 e. The summed E-state index contributed by atoms with van der Waals surface area (Å²) in [7, 11) is -3.89. The normalized spacial score (nSPS) is 11.3. The maximum absolute atomic E-state index is 13.6. The number of anilines is 1. The second-order valence-corrected chi connectivity index (χ2v) is 6.53. The van der Waals surface area contributed by atoms with Crippen molar-refractivity contribution in [3.05, 3.63) is 52.0 Å². The van der Waals surface area contributed by atoms with E-state index in [1.165, 1.54) is 24.3 Å². The SMILES string of the molecule is O=S(=O)(Nc1ccc(Br)cc1F)c1ccc(Cl)nc1. The zero-order valence-electron chi connectivity index (χ0n) is 9.27. The number of aromatic nitrogens is 1. The standard InChI is InChI=1S/C11H7BrClFN2O2S/c12-7-1-3-10(9(14)5-7)16-19(17,18)8-2-4-11(13)15-6-8/h1-6,16H. The Hall–Kier alpha value is -1.18. The van der Waals surface area contributed by atoms with Gasteiger partial charge in [-0.3, -0.25) is 4.72 Å². The predicted octanol–water partition coefficient (Wildman–Crippen LogP) is 3.44. The highest BCUT2D eigenvalue weighted by Gasteiger charge is 2.16. The van der Waals surface area contributed by atoms with Crippen molar-refractivity contribution in [2.45, 2.75) is 4.90 Å². The van der Waals surface area contributed by atoms with E-state index < -0.39 is 15.8 Å². The van der Waals surface area contributed by atoms with E-state index in [4.69, 9.17) is 11.6 Å². The van der Waals surface area contributed by atoms with Gasteiger partial charge in [-0.2, -0.15) is 0 Å². The number of halogens is 3. The highest BCUT2D eigenvalue weighted by atomic mass is 79.9. The number of benzene rings is 1. The molecule has 0 aliphatic rings. The average Bonchev–Trinajstić information content (AvgIpc) is 2.33. The third-order valence-corrected chi connectivity index (χ3v) is 4.25. The van der Waals surface area contributed by atoms with E-state index >= 15 is 0 Å². The van der Waals surface area contributed by atoms with Crippen molar-refractivity contribution in [3.8, 4) is 0 Å². The first-order chi connectivity index (χ1) is 8.88. The van der Waals surface area contributed by atoms with E-state index in [1.54, 1.807) is 0 Å². The van der Waals surface area contributed by atoms with Crippen LogP contribution in [0.3, 0.4) is 0 Å². The van der Waals surface area contributed by atoms with Gasteiger partial charge in [-0.1, -0.05) is 27.5 Å². The zero-order chi connectivity index (χ0) is 14.0. The molecular weight excluding hydrogens is 359 g/mol. The van der Waals surface area contributed by atoms with Crippen LogP contribution in [0.1, 0.15) is 0 Å². The molecule has 0 radical (unpaired) electrons. The van der Waals surface area contributed by atoms with E-state index in [-0.39, 0.29) is 15.7 Å². The third kappa shape index (κ3) is 3.43. The topological polar surface area (TPSA) is 59.1 Å². The van der Waals surface area contributed by atoms with E-state index in [2.05, 4.69) is 25.6 Å². The van der Waals surface area contributed by atoms with E-state index in [0.29, 0.717) is 4.47 Å². The molecule has 0 amide bonds. The quantitative estimate of drug-likeness (QED) is 0.848. The molecule has 0 aliphatic carbocycles. The van der Waals surface area contributed by atoms with Crippen LogP contribution in [0, 0.1) is 5.82 Å². The minimum absolute atomic E-state index is 0.0979. The average molecular weight is 366 g/mol. The van der Waals surface area contributed by atoms with Crippen molar-refractivity contribution >= 4 is 43.2 Å². The summed E-state index contributed by atoms with van der Waals surface area (Å²) in [5, 5.41) is 0.175. The van der Waals surface area contributed by atoms with Gasteiger partial charge >= 0.3 is 0 Å². The minimum atomic E-state index is -3.89. The van der Waals surface area contributed by atoms with Crippen molar-refractivity contribution in [1.82, 2.24) is 4.98 Å². The molecule has 1 N–H and O–H groups in total. The highest BCUT2D eigenvalue weighted by molar-refractivity contribution is 9.10. The van der Waals surface area contributed by atoms with Gasteiger partial charge in [0.2, 0.25) is 0 Å². The van der Waals surface area contributed by atoms with Crippen LogP contribution in [0.25, 0.3) is 0 Å². The summed E-state index contributed by atoms with van der Waals surface area (Å²) in [6.07, 6.45) is 1.10. The van der Waals surface area contributed by atoms with Crippen LogP contribution in [0.15, 0.2) is 45.9 Å². The lowest BCUT2D eigenvalue weighted by atomic mass is 10.3. The van der Waals surface area contributed by atoms with E-state index in [0.717, 1.165) is 12.3 Å². The van der Waals surface area contributed by atoms with Crippen LogP contribution in [0.2, 0.25) is 5.15 Å². The molecule has 0 atom stereocenters. The number of rotatable bonds is 3. The van der Waals surface area contributed by atoms with Crippen LogP contribution in [-0.4, -0.2) is 13.4 Å². The monoisotopic (exact) mass is 364 g/mol. The van der Waals surface area contributed by atoms with Gasteiger partial charge in [0.1, 0.15) is 15.9 Å². The summed E-state index contributed by atoms with van der Waals surface area (Å²) < 4.78 is 40.2. The molecule has 0 bridgehead atoms. The first-order valence-corrected chi connectivity index (χ1v) is 7.63. The lowest BCUT2D eigenvalue weighted by molar-refractivity contribution is 0.598. The van der Waals surface area contributed by atoms with Crippen LogP contribution >= 0.6 is 27.5 Å². The van der Waals surface area contributed by atoms with Gasteiger partial charge in [-0.25, -0.2) is 17.8 Å². The third-order valence-electron chi connectivity index (χ3n) is 2.19. The number of hydrogen-bond acceptors (Lipinski definition) is 3. The fourth-order valence-electron chi connectivity index (χ4n) is 1.30. The number of nitrogens with zero attached hydrogens (tertiary/aromatic N) is 1. The van der Waals surface area contributed by atoms with E-state index in [1.807, 2.05) is 0 Å². The molecule has 19 heavy (non-hydrogen) atoms. The number of sulfonamides is 1. The smallest absolute Gasteiger partial charge is 0.263 e. The first-order valence-electron chi connectivity index (χ1n) is 4.98. The molecule has 8 heteroatoms. The van der Waals surface area contributed by atoms with Gasteiger partial charge in [-0.05, 0) is 30.3 Å². The number of pyridine rings is 1. The molecule has 0 fully saturated rings. The minimum Gasteiger partial charge on any atom is -0.277 e. The lowest BCUT2D eigenvalue weighted by Gasteiger charge is -2.08. The Balaban J connectivity index is 2.33. The molecule has 1 aromatic heterocycles. The Labute approximate surface area is 122 Å². The molecule has 0 spiro atoms. The maximum atomic E-state index is 13.6. The van der Waals surface area contributed by atoms with Gasteiger partial charge in [0, 0.05) is 10.7 Å². The molecule has 0 aliphatic heterocycles. The molecule has 100 valence electrons. The molecule has 4 nitrogen and oxygen atoms in total. The number of nitrogens with one attached hydrogen (secondary N) is 1. The van der Waals surface area contributed by atoms with Crippen molar-refractivity contribution in [1.29, 1.82) is 0 Å². The molecular formula is C11H7BrClFN2O2S. The summed E-state index contributed by atoms with van der Waals surface area (Å²) in [4.78, 5) is 3.57. The van der Waals surface area contributed by atoms with Crippen LogP contribution in [0.4, 0.5) is 10.1 Å². The van der Waals surface area contributed by atoms with Gasteiger partial charge < -0.3 is 0 Å². The lowest BCUT2D eigenvalue weighted by Crippen LogP contribution is -2.14. The summed E-state index contributed by atoms with van der Waals surface area (Å²) >= 11 is 8.66. The summed E-state index contributed by atoms with van der Waals surface area (Å²) in [6, 6.07) is 6.64. The van der Waals surface area contributed by atoms with Gasteiger partial charge in [0.15, 0.2) is 0 Å². The summed E-state index contributed by atoms with van der Waals surface area (Å²) in [5.74, 6) is -0.681. The largest absolute Gasteiger partial charge is 0.277 e. The van der Waals surface area contributed by atoms with Crippen molar-refractivity contribution in [2.75, 3.05) is 4.72 Å². The highest BCUT2D eigenvalue weighted by Crippen LogP contribution is 2.22. The molecule has 2 aromatic rings. The summed E-state index contributed by atoms with van der Waals surface area (Å²) in [5.41, 5.74) is -0.141. The van der Waals surface area contributed by atoms with Crippen molar-refractivity contribution < 1.29 is 12.8 Å². The van der Waals surface area contributed by atoms with Crippen molar-refractivity contribution in [3.63, 3.8) is 0 Å². The molecule has 0 saturated carbocycles. The molecule has 1 aromatic carbocycles. The Morgan fingerprint density at radius 3 is 2.58 bits per heavy atom. The van der Waals surface area contributed by atoms with Crippen LogP contribution in [0.5, 0.6) is 0 Å². The second kappa shape index (κ2) is 5.44. The van der Waals surface area contributed by atoms with Gasteiger partial charge in [0.25, 0.3) is 10.0 Å². The summed E-state index contributed by atoms with van der Waals surface area (Å²) in [6.45, 7) is 0. The van der Waals surface area contributed by atoms with Crippen LogP contribution in [-0.2, 0) is 10.0 Å². The van der Waals surface area contributed by atoms with Crippen LogP contribution < -0.4 is 4.72 Å². The Morgan fingerprint density at radius 2 is 2.00 bits per heavy atom. The predicted molar refractivity (Wildman–Crippen MR) is 74.2 cm³/mol. The second-order valence-electron chi connectivity index (χ2n) is 3.55. The molecule has 2 rings (SSSR count). The Morgan fingerprint density at radius 1 is 1.26 bits per heavy atom. The first kappa shape index (κ1) is 14.2. The van der Waals surface area contributed by atoms with E-state index in [9.17, 15) is 12.8 Å². The van der Waals surface area contributed by atoms with Gasteiger partial charge in [0.05, 0.1) is 5.69 Å². The molecule has 1 heterocycles. The van der Waals surface area contributed by atoms with Crippen molar-refractivity contribution in [2.24, 2.45) is 0 Å². The zero-order valence-corrected chi connectivity index (χ0v) is 12.4. The molecule has 0 unspecified atom stereocenters. The molecule has 0 saturated heterocycles.